The van der Waals surface area contributed by atoms with E-state index in [2.05, 4.69) is 5.32 Å². The van der Waals surface area contributed by atoms with Crippen molar-refractivity contribution in [3.05, 3.63) is 84.2 Å². The number of amides is 2. The first kappa shape index (κ1) is 31.4. The Morgan fingerprint density at radius 3 is 2.10 bits per heavy atom. The maximum Gasteiger partial charge on any atom is 0.264 e. The maximum absolute atomic E-state index is 14.0. The molecule has 0 spiro atoms. The van der Waals surface area contributed by atoms with Gasteiger partial charge in [-0.3, -0.25) is 13.9 Å². The summed E-state index contributed by atoms with van der Waals surface area (Å²) >= 11 is 0. The third-order valence-corrected chi connectivity index (χ3v) is 7.98. The highest BCUT2D eigenvalue weighted by Gasteiger charge is 2.33. The standard InChI is InChI=1S/C30H36FN3O6S/c1-21(29(36)32-30(2,3)4)33(19-22-12-14-23(31)15-13-22)28(35)20-34(41(37,38)25-10-8-7-9-11-25)24-16-17-26(39-5)27(18-24)40-6/h7-18,21H,19-20H2,1-6H3,(H,32,36). The van der Waals surface area contributed by atoms with E-state index in [0.29, 0.717) is 11.3 Å². The normalized spacial score (nSPS) is 12.3. The van der Waals surface area contributed by atoms with Crippen molar-refractivity contribution in [1.82, 2.24) is 10.2 Å². The van der Waals surface area contributed by atoms with Crippen LogP contribution in [0.3, 0.4) is 0 Å². The Balaban J connectivity index is 2.08. The van der Waals surface area contributed by atoms with Gasteiger partial charge in [0.05, 0.1) is 24.8 Å². The summed E-state index contributed by atoms with van der Waals surface area (Å²) in [6.07, 6.45) is 0. The van der Waals surface area contributed by atoms with Gasteiger partial charge in [0.15, 0.2) is 11.5 Å². The molecule has 0 bridgehead atoms. The predicted molar refractivity (Wildman–Crippen MR) is 155 cm³/mol. The van der Waals surface area contributed by atoms with Gasteiger partial charge in [-0.25, -0.2) is 12.8 Å². The molecule has 220 valence electrons. The van der Waals surface area contributed by atoms with Gasteiger partial charge in [-0.2, -0.15) is 0 Å². The van der Waals surface area contributed by atoms with Gasteiger partial charge in [0, 0.05) is 18.2 Å². The summed E-state index contributed by atoms with van der Waals surface area (Å²) in [6, 6.07) is 16.8. The van der Waals surface area contributed by atoms with Gasteiger partial charge in [0.25, 0.3) is 10.0 Å². The fraction of sp³-hybridized carbons (Fsp3) is 0.333. The minimum atomic E-state index is -4.24. The van der Waals surface area contributed by atoms with Crippen LogP contribution in [0.4, 0.5) is 10.1 Å². The van der Waals surface area contributed by atoms with Crippen molar-refractivity contribution in [2.45, 2.75) is 50.7 Å². The molecule has 1 N–H and O–H groups in total. The number of rotatable bonds is 11. The number of methoxy groups -OCH3 is 2. The molecule has 0 fully saturated rings. The molecular formula is C30H36FN3O6S. The number of sulfonamides is 1. The third kappa shape index (κ3) is 7.97. The van der Waals surface area contributed by atoms with Crippen LogP contribution in [-0.4, -0.2) is 57.5 Å². The maximum atomic E-state index is 14.0. The van der Waals surface area contributed by atoms with E-state index in [0.717, 1.165) is 4.31 Å². The van der Waals surface area contributed by atoms with Crippen molar-refractivity contribution in [2.24, 2.45) is 0 Å². The molecular weight excluding hydrogens is 549 g/mol. The molecule has 0 radical (unpaired) electrons. The lowest BCUT2D eigenvalue weighted by molar-refractivity contribution is -0.140. The molecule has 3 aromatic carbocycles. The highest BCUT2D eigenvalue weighted by atomic mass is 32.2. The SMILES string of the molecule is COc1ccc(N(CC(=O)N(Cc2ccc(F)cc2)C(C)C(=O)NC(C)(C)C)S(=O)(=O)c2ccccc2)cc1OC. The molecule has 0 aliphatic rings. The summed E-state index contributed by atoms with van der Waals surface area (Å²) in [5.74, 6) is -0.854. The first-order valence-corrected chi connectivity index (χ1v) is 14.4. The molecule has 0 saturated heterocycles. The van der Waals surface area contributed by atoms with Gasteiger partial charge in [-0.05, 0) is 69.7 Å². The average molecular weight is 586 g/mol. The van der Waals surface area contributed by atoms with E-state index in [4.69, 9.17) is 9.47 Å². The minimum Gasteiger partial charge on any atom is -0.493 e. The van der Waals surface area contributed by atoms with Crippen LogP contribution >= 0.6 is 0 Å². The Morgan fingerprint density at radius 1 is 0.927 bits per heavy atom. The third-order valence-electron chi connectivity index (χ3n) is 6.20. The lowest BCUT2D eigenvalue weighted by atomic mass is 10.1. The zero-order valence-electron chi connectivity index (χ0n) is 24.0. The summed E-state index contributed by atoms with van der Waals surface area (Å²) in [7, 11) is -1.37. The van der Waals surface area contributed by atoms with Crippen LogP contribution in [0.15, 0.2) is 77.7 Å². The monoisotopic (exact) mass is 585 g/mol. The second-order valence-electron chi connectivity index (χ2n) is 10.4. The molecule has 11 heteroatoms. The van der Waals surface area contributed by atoms with Crippen LogP contribution in [0.1, 0.15) is 33.3 Å². The van der Waals surface area contributed by atoms with Crippen molar-refractivity contribution in [1.29, 1.82) is 0 Å². The van der Waals surface area contributed by atoms with Crippen LogP contribution in [0.5, 0.6) is 11.5 Å². The average Bonchev–Trinajstić information content (AvgIpc) is 2.94. The molecule has 3 aromatic rings. The summed E-state index contributed by atoms with van der Waals surface area (Å²) in [6.45, 7) is 6.33. The predicted octanol–water partition coefficient (Wildman–Crippen LogP) is 4.37. The number of hydrogen-bond acceptors (Lipinski definition) is 6. The van der Waals surface area contributed by atoms with E-state index in [1.807, 2.05) is 20.8 Å². The second-order valence-corrected chi connectivity index (χ2v) is 12.3. The lowest BCUT2D eigenvalue weighted by Gasteiger charge is -2.33. The van der Waals surface area contributed by atoms with Gasteiger partial charge in [0.2, 0.25) is 11.8 Å². The quantitative estimate of drug-likeness (QED) is 0.358. The van der Waals surface area contributed by atoms with E-state index >= 15 is 0 Å². The highest BCUT2D eigenvalue weighted by Crippen LogP contribution is 2.34. The molecule has 0 aromatic heterocycles. The zero-order valence-corrected chi connectivity index (χ0v) is 24.9. The number of nitrogens with one attached hydrogen (secondary N) is 1. The van der Waals surface area contributed by atoms with E-state index < -0.39 is 45.8 Å². The topological polar surface area (TPSA) is 105 Å². The first-order chi connectivity index (χ1) is 19.3. The Bertz CT molecular complexity index is 1460. The minimum absolute atomic E-state index is 0.0220. The molecule has 1 unspecified atom stereocenters. The zero-order chi connectivity index (χ0) is 30.4. The molecule has 0 aliphatic heterocycles. The number of anilines is 1. The molecule has 0 saturated carbocycles. The Kier molecular flexibility index (Phi) is 9.98. The van der Waals surface area contributed by atoms with Crippen molar-refractivity contribution in [3.8, 4) is 11.5 Å². The van der Waals surface area contributed by atoms with Crippen LogP contribution < -0.4 is 19.1 Å². The van der Waals surface area contributed by atoms with E-state index in [-0.39, 0.29) is 22.9 Å². The van der Waals surface area contributed by atoms with Gasteiger partial charge < -0.3 is 19.7 Å². The number of benzene rings is 3. The van der Waals surface area contributed by atoms with Crippen molar-refractivity contribution >= 4 is 27.5 Å². The smallest absolute Gasteiger partial charge is 0.264 e. The van der Waals surface area contributed by atoms with Gasteiger partial charge in [-0.1, -0.05) is 30.3 Å². The van der Waals surface area contributed by atoms with Gasteiger partial charge >= 0.3 is 0 Å². The number of carbonyl (C=O) groups excluding carboxylic acids is 2. The van der Waals surface area contributed by atoms with E-state index in [1.54, 1.807) is 31.2 Å². The summed E-state index contributed by atoms with van der Waals surface area (Å²) in [5, 5.41) is 2.86. The number of hydrogen-bond donors (Lipinski definition) is 1. The van der Waals surface area contributed by atoms with Crippen LogP contribution in [0, 0.1) is 5.82 Å². The summed E-state index contributed by atoms with van der Waals surface area (Å²) < 4.78 is 53.0. The largest absolute Gasteiger partial charge is 0.493 e. The highest BCUT2D eigenvalue weighted by molar-refractivity contribution is 7.92. The van der Waals surface area contributed by atoms with Gasteiger partial charge in [-0.15, -0.1) is 0 Å². The number of ether oxygens (including phenoxy) is 2. The van der Waals surface area contributed by atoms with Crippen LogP contribution in [-0.2, 0) is 26.2 Å². The van der Waals surface area contributed by atoms with Crippen molar-refractivity contribution < 1.29 is 31.9 Å². The molecule has 0 aliphatic carbocycles. The van der Waals surface area contributed by atoms with Crippen LogP contribution in [0.25, 0.3) is 0 Å². The Labute approximate surface area is 240 Å². The fourth-order valence-corrected chi connectivity index (χ4v) is 5.50. The summed E-state index contributed by atoms with van der Waals surface area (Å²) in [5.41, 5.74) is 0.158. The molecule has 41 heavy (non-hydrogen) atoms. The van der Waals surface area contributed by atoms with Crippen molar-refractivity contribution in [2.75, 3.05) is 25.1 Å². The van der Waals surface area contributed by atoms with E-state index in [9.17, 15) is 22.4 Å². The molecule has 3 rings (SSSR count). The second kappa shape index (κ2) is 13.0. The fourth-order valence-electron chi connectivity index (χ4n) is 4.07. The molecule has 1 atom stereocenters. The number of carbonyl (C=O) groups is 2. The summed E-state index contributed by atoms with van der Waals surface area (Å²) in [4.78, 5) is 28.4. The molecule has 9 nitrogen and oxygen atoms in total. The lowest BCUT2D eigenvalue weighted by Crippen LogP contribution is -2.54. The first-order valence-electron chi connectivity index (χ1n) is 12.9. The van der Waals surface area contributed by atoms with Crippen molar-refractivity contribution in [3.63, 3.8) is 0 Å². The van der Waals surface area contributed by atoms with Gasteiger partial charge in [0.1, 0.15) is 18.4 Å². The Morgan fingerprint density at radius 2 is 1.54 bits per heavy atom. The molecule has 0 heterocycles. The van der Waals surface area contributed by atoms with E-state index in [1.165, 1.54) is 67.7 Å². The molecule has 2 amide bonds. The number of nitrogens with zero attached hydrogens (tertiary/aromatic N) is 2. The number of halogens is 1. The van der Waals surface area contributed by atoms with Crippen LogP contribution in [0.2, 0.25) is 0 Å². The Hall–Kier alpha value is -4.12.